The fourth-order valence-corrected chi connectivity index (χ4v) is 3.60. The first-order valence-electron chi connectivity index (χ1n) is 8.72. The topological polar surface area (TPSA) is 78.3 Å². The van der Waals surface area contributed by atoms with E-state index < -0.39 is 33.9 Å². The number of hydrogen-bond donors (Lipinski definition) is 0. The van der Waals surface area contributed by atoms with E-state index in [4.69, 9.17) is 4.74 Å². The van der Waals surface area contributed by atoms with Crippen molar-refractivity contribution in [3.63, 3.8) is 0 Å². The van der Waals surface area contributed by atoms with Crippen LogP contribution in [0.3, 0.4) is 0 Å². The first-order chi connectivity index (χ1) is 14.4. The highest BCUT2D eigenvalue weighted by atomic mass is 32.2. The maximum absolute atomic E-state index is 14.3. The number of rotatable bonds is 5. The minimum atomic E-state index is -4.70. The van der Waals surface area contributed by atoms with Gasteiger partial charge in [-0.2, -0.15) is 18.3 Å². The second-order valence-electron chi connectivity index (χ2n) is 6.66. The van der Waals surface area contributed by atoms with Crippen LogP contribution in [0.2, 0.25) is 0 Å². The molecule has 0 aliphatic carbocycles. The van der Waals surface area contributed by atoms with Crippen LogP contribution in [0.5, 0.6) is 5.75 Å². The first kappa shape index (κ1) is 22.5. The number of alkyl halides is 3. The van der Waals surface area contributed by atoms with Crippen molar-refractivity contribution < 1.29 is 30.7 Å². The van der Waals surface area contributed by atoms with Gasteiger partial charge in [0.05, 0.1) is 23.8 Å². The van der Waals surface area contributed by atoms with Gasteiger partial charge in [0.25, 0.3) is 5.56 Å². The number of methoxy groups -OCH3 is 1. The van der Waals surface area contributed by atoms with E-state index >= 15 is 0 Å². The smallest absolute Gasteiger partial charge is 0.408 e. The molecule has 0 bridgehead atoms. The maximum atomic E-state index is 14.3. The van der Waals surface area contributed by atoms with Crippen molar-refractivity contribution in [3.05, 3.63) is 64.8 Å². The second-order valence-corrected chi connectivity index (χ2v) is 8.67. The van der Waals surface area contributed by atoms with Crippen molar-refractivity contribution in [1.82, 2.24) is 9.78 Å². The van der Waals surface area contributed by atoms with Gasteiger partial charge in [-0.25, -0.2) is 17.5 Å². The summed E-state index contributed by atoms with van der Waals surface area (Å²) in [7, 11) is -2.24. The third kappa shape index (κ3) is 4.93. The van der Waals surface area contributed by atoms with Crippen LogP contribution in [0.1, 0.15) is 0 Å². The molecule has 164 valence electrons. The molecule has 3 aromatic rings. The molecule has 2 aromatic carbocycles. The van der Waals surface area contributed by atoms with Gasteiger partial charge in [-0.15, -0.1) is 0 Å². The molecule has 0 saturated heterocycles. The van der Waals surface area contributed by atoms with Gasteiger partial charge in [0.1, 0.15) is 6.54 Å². The summed E-state index contributed by atoms with van der Waals surface area (Å²) >= 11 is 0. The van der Waals surface area contributed by atoms with Gasteiger partial charge in [0.15, 0.2) is 21.4 Å². The van der Waals surface area contributed by atoms with E-state index in [9.17, 15) is 30.8 Å². The van der Waals surface area contributed by atoms with E-state index in [1.165, 1.54) is 43.5 Å². The number of sulfone groups is 1. The summed E-state index contributed by atoms with van der Waals surface area (Å²) in [6.45, 7) is -1.62. The molecular formula is C20H16F4N2O4S. The Hall–Kier alpha value is -3.21. The van der Waals surface area contributed by atoms with Crippen LogP contribution in [0.4, 0.5) is 17.6 Å². The van der Waals surface area contributed by atoms with Crippen molar-refractivity contribution in [2.75, 3.05) is 13.4 Å². The number of aromatic nitrogens is 2. The number of ether oxygens (including phenoxy) is 1. The Kier molecular flexibility index (Phi) is 5.90. The Morgan fingerprint density at radius 2 is 1.68 bits per heavy atom. The zero-order chi connectivity index (χ0) is 23.0. The van der Waals surface area contributed by atoms with Crippen LogP contribution in [0, 0.1) is 5.82 Å². The van der Waals surface area contributed by atoms with Gasteiger partial charge in [-0.05, 0) is 35.4 Å². The molecule has 11 heteroatoms. The van der Waals surface area contributed by atoms with Crippen LogP contribution in [0.25, 0.3) is 22.3 Å². The molecule has 1 heterocycles. The van der Waals surface area contributed by atoms with Crippen LogP contribution in [-0.4, -0.2) is 37.7 Å². The molecular weight excluding hydrogens is 440 g/mol. The highest BCUT2D eigenvalue weighted by Crippen LogP contribution is 2.32. The zero-order valence-electron chi connectivity index (χ0n) is 16.3. The van der Waals surface area contributed by atoms with Crippen molar-refractivity contribution in [2.24, 2.45) is 0 Å². The molecule has 0 spiro atoms. The van der Waals surface area contributed by atoms with Crippen molar-refractivity contribution in [1.29, 1.82) is 0 Å². The van der Waals surface area contributed by atoms with Crippen LogP contribution in [0.15, 0.2) is 58.4 Å². The van der Waals surface area contributed by atoms with E-state index in [0.29, 0.717) is 5.56 Å². The molecule has 1 aromatic heterocycles. The van der Waals surface area contributed by atoms with Crippen molar-refractivity contribution in [2.45, 2.75) is 17.6 Å². The lowest BCUT2D eigenvalue weighted by Crippen LogP contribution is -2.31. The van der Waals surface area contributed by atoms with Gasteiger partial charge in [-0.1, -0.05) is 18.2 Å². The van der Waals surface area contributed by atoms with Crippen LogP contribution >= 0.6 is 0 Å². The number of nitrogens with zero attached hydrogens (tertiary/aromatic N) is 2. The number of hydrogen-bond acceptors (Lipinski definition) is 5. The summed E-state index contributed by atoms with van der Waals surface area (Å²) < 4.78 is 81.3. The van der Waals surface area contributed by atoms with Crippen LogP contribution in [-0.2, 0) is 16.4 Å². The first-order valence-corrected chi connectivity index (χ1v) is 10.6. The molecule has 0 N–H and O–H groups in total. The monoisotopic (exact) mass is 456 g/mol. The molecule has 0 fully saturated rings. The highest BCUT2D eigenvalue weighted by Gasteiger charge is 2.30. The average Bonchev–Trinajstić information content (AvgIpc) is 2.68. The largest absolute Gasteiger partial charge is 0.494 e. The zero-order valence-corrected chi connectivity index (χ0v) is 17.1. The molecule has 3 rings (SSSR count). The van der Waals surface area contributed by atoms with E-state index in [1.54, 1.807) is 0 Å². The summed E-state index contributed by atoms with van der Waals surface area (Å²) in [6, 6.07) is 8.94. The van der Waals surface area contributed by atoms with E-state index in [-0.39, 0.29) is 32.0 Å². The quantitative estimate of drug-likeness (QED) is 0.548. The SMILES string of the molecule is COc1ccc(-c2c(-c3ccc(S(C)(=O)=O)cc3)cnn(CC(F)(F)F)c2=O)cc1F. The second kappa shape index (κ2) is 8.14. The van der Waals surface area contributed by atoms with Gasteiger partial charge in [-0.3, -0.25) is 4.79 Å². The molecule has 0 atom stereocenters. The maximum Gasteiger partial charge on any atom is 0.408 e. The Bertz CT molecular complexity index is 1280. The summed E-state index contributed by atoms with van der Waals surface area (Å²) in [5.74, 6) is -0.913. The Morgan fingerprint density at radius 3 is 2.19 bits per heavy atom. The minimum Gasteiger partial charge on any atom is -0.494 e. The molecule has 0 aliphatic rings. The molecule has 0 radical (unpaired) electrons. The van der Waals surface area contributed by atoms with Crippen molar-refractivity contribution in [3.8, 4) is 28.0 Å². The Balaban J connectivity index is 2.25. The Labute approximate surface area is 174 Å². The average molecular weight is 456 g/mol. The lowest BCUT2D eigenvalue weighted by atomic mass is 9.97. The number of halogens is 4. The predicted octanol–water partition coefficient (Wildman–Crippen LogP) is 3.69. The van der Waals surface area contributed by atoms with Gasteiger partial charge in [0, 0.05) is 11.8 Å². The molecule has 0 amide bonds. The summed E-state index contributed by atoms with van der Waals surface area (Å²) in [5, 5.41) is 3.60. The molecule has 31 heavy (non-hydrogen) atoms. The fraction of sp³-hybridized carbons (Fsp3) is 0.200. The van der Waals surface area contributed by atoms with Gasteiger partial charge >= 0.3 is 6.18 Å². The minimum absolute atomic E-state index is 0.0174. The van der Waals surface area contributed by atoms with E-state index in [2.05, 4.69) is 5.10 Å². The standard InChI is InChI=1S/C20H16F4N2O4S/c1-30-17-8-5-13(9-16(17)21)18-15(10-25-26(19(18)27)11-20(22,23)24)12-3-6-14(7-4-12)31(2,28)29/h3-10H,11H2,1-2H3. The van der Waals surface area contributed by atoms with Crippen molar-refractivity contribution >= 4 is 9.84 Å². The normalized spacial score (nSPS) is 12.1. The van der Waals surface area contributed by atoms with E-state index in [0.717, 1.165) is 18.5 Å². The van der Waals surface area contributed by atoms with E-state index in [1.807, 2.05) is 0 Å². The summed E-state index contributed by atoms with van der Waals surface area (Å²) in [5.41, 5.74) is -0.835. The van der Waals surface area contributed by atoms with Gasteiger partial charge < -0.3 is 4.74 Å². The lowest BCUT2D eigenvalue weighted by molar-refractivity contribution is -0.143. The third-order valence-electron chi connectivity index (χ3n) is 4.41. The predicted molar refractivity (Wildman–Crippen MR) is 105 cm³/mol. The lowest BCUT2D eigenvalue weighted by Gasteiger charge is -2.14. The number of benzene rings is 2. The van der Waals surface area contributed by atoms with Crippen LogP contribution < -0.4 is 10.3 Å². The summed E-state index contributed by atoms with van der Waals surface area (Å²) in [4.78, 5) is 12.9. The van der Waals surface area contributed by atoms with Gasteiger partial charge in [0.2, 0.25) is 0 Å². The summed E-state index contributed by atoms with van der Waals surface area (Å²) in [6.07, 6.45) is -2.62. The molecule has 0 unspecified atom stereocenters. The highest BCUT2D eigenvalue weighted by molar-refractivity contribution is 7.90. The molecule has 0 saturated carbocycles. The molecule has 0 aliphatic heterocycles. The Morgan fingerprint density at radius 1 is 1.06 bits per heavy atom. The third-order valence-corrected chi connectivity index (χ3v) is 5.54. The molecule has 6 nitrogen and oxygen atoms in total. The fourth-order valence-electron chi connectivity index (χ4n) is 2.97.